The highest BCUT2D eigenvalue weighted by Crippen LogP contribution is 2.34. The molecule has 24 heavy (non-hydrogen) atoms. The van der Waals surface area contributed by atoms with E-state index >= 15 is 0 Å². The zero-order valence-electron chi connectivity index (χ0n) is 13.5. The van der Waals surface area contributed by atoms with E-state index in [0.717, 1.165) is 0 Å². The van der Waals surface area contributed by atoms with Crippen molar-refractivity contribution in [3.8, 4) is 11.3 Å². The van der Waals surface area contributed by atoms with Gasteiger partial charge in [0.2, 0.25) is 5.91 Å². The Morgan fingerprint density at radius 1 is 1.42 bits per heavy atom. The molecule has 2 aromatic rings. The Bertz CT molecular complexity index is 769. The number of nitrogens with zero attached hydrogens (tertiary/aromatic N) is 2. The molecule has 0 saturated carbocycles. The Balaban J connectivity index is 2.58. The second-order valence-electron chi connectivity index (χ2n) is 5.55. The number of halogens is 2. The third-order valence-electron chi connectivity index (χ3n) is 3.49. The first-order valence-corrected chi connectivity index (χ1v) is 7.61. The average molecular weight is 354 g/mol. The number of hydrogen-bond acceptors (Lipinski definition) is 4. The minimum atomic E-state index is -0.656. The maximum atomic E-state index is 14.2. The van der Waals surface area contributed by atoms with Gasteiger partial charge in [-0.05, 0) is 32.9 Å². The van der Waals surface area contributed by atoms with E-state index in [1.807, 2.05) is 0 Å². The summed E-state index contributed by atoms with van der Waals surface area (Å²) in [6.07, 6.45) is 0. The summed E-state index contributed by atoms with van der Waals surface area (Å²) in [5.41, 5.74) is 5.23. The molecule has 1 heterocycles. The van der Waals surface area contributed by atoms with Crippen LogP contribution in [0.5, 0.6) is 0 Å². The number of carbonyl (C=O) groups excluding carboxylic acids is 2. The highest BCUT2D eigenvalue weighted by Gasteiger charge is 2.30. The summed E-state index contributed by atoms with van der Waals surface area (Å²) in [5, 5.41) is 3.89. The van der Waals surface area contributed by atoms with Gasteiger partial charge in [0.15, 0.2) is 0 Å². The Kier molecular flexibility index (Phi) is 5.23. The predicted octanol–water partition coefficient (Wildman–Crippen LogP) is 2.78. The number of primary amides is 1. The van der Waals surface area contributed by atoms with E-state index < -0.39 is 17.6 Å². The number of benzene rings is 1. The lowest BCUT2D eigenvalue weighted by atomic mass is 10.0. The quantitative estimate of drug-likeness (QED) is 0.895. The van der Waals surface area contributed by atoms with Gasteiger partial charge < -0.3 is 15.2 Å². The average Bonchev–Trinajstić information content (AvgIpc) is 2.85. The Morgan fingerprint density at radius 3 is 2.62 bits per heavy atom. The topological polar surface area (TPSA) is 89.4 Å². The number of rotatable bonds is 5. The third kappa shape index (κ3) is 3.41. The SMILES string of the molecule is Cc1onc(-c2c(F)cccc2Cl)c1C(=O)N(CC(N)=O)C(C)C. The third-order valence-corrected chi connectivity index (χ3v) is 3.80. The van der Waals surface area contributed by atoms with Crippen LogP contribution < -0.4 is 5.73 Å². The molecule has 1 aromatic heterocycles. The normalized spacial score (nSPS) is 10.9. The van der Waals surface area contributed by atoms with Crippen molar-refractivity contribution in [1.29, 1.82) is 0 Å². The van der Waals surface area contributed by atoms with Crippen LogP contribution >= 0.6 is 11.6 Å². The van der Waals surface area contributed by atoms with Gasteiger partial charge in [-0.25, -0.2) is 4.39 Å². The minimum Gasteiger partial charge on any atom is -0.368 e. The second-order valence-corrected chi connectivity index (χ2v) is 5.96. The molecule has 2 N–H and O–H groups in total. The standard InChI is InChI=1S/C16H17ClFN3O3/c1-8(2)21(7-12(19)22)16(23)13-9(3)24-20-15(13)14-10(17)5-4-6-11(14)18/h4-6,8H,7H2,1-3H3,(H2,19,22). The van der Waals surface area contributed by atoms with Crippen LogP contribution in [0, 0.1) is 12.7 Å². The van der Waals surface area contributed by atoms with Crippen molar-refractivity contribution < 1.29 is 18.5 Å². The van der Waals surface area contributed by atoms with E-state index in [0.29, 0.717) is 0 Å². The van der Waals surface area contributed by atoms with Gasteiger partial charge in [-0.3, -0.25) is 9.59 Å². The van der Waals surface area contributed by atoms with Crippen LogP contribution in [0.3, 0.4) is 0 Å². The lowest BCUT2D eigenvalue weighted by molar-refractivity contribution is -0.119. The summed E-state index contributed by atoms with van der Waals surface area (Å²) < 4.78 is 19.3. The van der Waals surface area contributed by atoms with Gasteiger partial charge in [-0.1, -0.05) is 22.8 Å². The molecule has 0 bridgehead atoms. The van der Waals surface area contributed by atoms with E-state index in [1.165, 1.54) is 30.0 Å². The first-order valence-electron chi connectivity index (χ1n) is 7.24. The van der Waals surface area contributed by atoms with Gasteiger partial charge in [-0.2, -0.15) is 0 Å². The number of nitrogens with two attached hydrogens (primary N) is 1. The summed E-state index contributed by atoms with van der Waals surface area (Å²) in [7, 11) is 0. The number of aryl methyl sites for hydroxylation is 1. The lowest BCUT2D eigenvalue weighted by Crippen LogP contribution is -2.43. The van der Waals surface area contributed by atoms with E-state index in [1.54, 1.807) is 13.8 Å². The van der Waals surface area contributed by atoms with Gasteiger partial charge >= 0.3 is 0 Å². The van der Waals surface area contributed by atoms with E-state index in [9.17, 15) is 14.0 Å². The monoisotopic (exact) mass is 353 g/mol. The Labute approximate surface area is 143 Å². The molecule has 0 aliphatic rings. The summed E-state index contributed by atoms with van der Waals surface area (Å²) in [6, 6.07) is 3.84. The molecule has 6 nitrogen and oxygen atoms in total. The molecule has 1 aromatic carbocycles. The van der Waals surface area contributed by atoms with Crippen LogP contribution in [0.1, 0.15) is 30.0 Å². The zero-order chi connectivity index (χ0) is 18.0. The van der Waals surface area contributed by atoms with Crippen molar-refractivity contribution in [3.05, 3.63) is 40.4 Å². The maximum absolute atomic E-state index is 14.2. The van der Waals surface area contributed by atoms with Gasteiger partial charge in [0.25, 0.3) is 5.91 Å². The number of amides is 2. The molecule has 2 rings (SSSR count). The summed E-state index contributed by atoms with van der Waals surface area (Å²) in [4.78, 5) is 25.4. The zero-order valence-corrected chi connectivity index (χ0v) is 14.2. The molecule has 8 heteroatoms. The van der Waals surface area contributed by atoms with Crippen LogP contribution in [0.15, 0.2) is 22.7 Å². The van der Waals surface area contributed by atoms with Crippen LogP contribution in [0.4, 0.5) is 4.39 Å². The predicted molar refractivity (Wildman–Crippen MR) is 87.0 cm³/mol. The summed E-state index contributed by atoms with van der Waals surface area (Å²) >= 11 is 6.06. The van der Waals surface area contributed by atoms with Gasteiger partial charge in [0.1, 0.15) is 22.8 Å². The van der Waals surface area contributed by atoms with Gasteiger partial charge in [0, 0.05) is 6.04 Å². The van der Waals surface area contributed by atoms with Crippen molar-refractivity contribution in [2.24, 2.45) is 5.73 Å². The Hall–Kier alpha value is -2.41. The van der Waals surface area contributed by atoms with Gasteiger partial charge in [-0.15, -0.1) is 0 Å². The van der Waals surface area contributed by atoms with Crippen molar-refractivity contribution >= 4 is 23.4 Å². The van der Waals surface area contributed by atoms with Crippen molar-refractivity contribution in [2.75, 3.05) is 6.54 Å². The largest absolute Gasteiger partial charge is 0.368 e. The van der Waals surface area contributed by atoms with E-state index in [4.69, 9.17) is 21.9 Å². The molecule has 0 fully saturated rings. The van der Waals surface area contributed by atoms with Crippen LogP contribution in [0.2, 0.25) is 5.02 Å². The van der Waals surface area contributed by atoms with E-state index in [2.05, 4.69) is 5.16 Å². The lowest BCUT2D eigenvalue weighted by Gasteiger charge is -2.25. The number of aromatic nitrogens is 1. The van der Waals surface area contributed by atoms with E-state index in [-0.39, 0.29) is 40.2 Å². The smallest absolute Gasteiger partial charge is 0.260 e. The van der Waals surface area contributed by atoms with Crippen molar-refractivity contribution in [2.45, 2.75) is 26.8 Å². The summed E-state index contributed by atoms with van der Waals surface area (Å²) in [6.45, 7) is 4.73. The maximum Gasteiger partial charge on any atom is 0.260 e. The van der Waals surface area contributed by atoms with Crippen molar-refractivity contribution in [3.63, 3.8) is 0 Å². The molecular formula is C16H17ClFN3O3. The van der Waals surface area contributed by atoms with Crippen LogP contribution in [0.25, 0.3) is 11.3 Å². The number of carbonyl (C=O) groups is 2. The first kappa shape index (κ1) is 17.9. The molecular weight excluding hydrogens is 337 g/mol. The molecule has 0 unspecified atom stereocenters. The molecule has 2 amide bonds. The summed E-state index contributed by atoms with van der Waals surface area (Å²) in [5.74, 6) is -1.62. The molecule has 0 atom stereocenters. The fourth-order valence-electron chi connectivity index (χ4n) is 2.32. The van der Waals surface area contributed by atoms with Gasteiger partial charge in [0.05, 0.1) is 17.1 Å². The van der Waals surface area contributed by atoms with Crippen molar-refractivity contribution in [1.82, 2.24) is 10.1 Å². The highest BCUT2D eigenvalue weighted by atomic mass is 35.5. The molecule has 0 spiro atoms. The second kappa shape index (κ2) is 7.00. The molecule has 0 radical (unpaired) electrons. The number of hydrogen-bond donors (Lipinski definition) is 1. The van der Waals surface area contributed by atoms with Crippen LogP contribution in [-0.4, -0.2) is 34.5 Å². The molecule has 0 aliphatic heterocycles. The van der Waals surface area contributed by atoms with Crippen LogP contribution in [-0.2, 0) is 4.79 Å². The minimum absolute atomic E-state index is 0.00396. The first-order chi connectivity index (χ1) is 11.2. The fraction of sp³-hybridized carbons (Fsp3) is 0.312. The molecule has 0 saturated heterocycles. The molecule has 128 valence electrons. The highest BCUT2D eigenvalue weighted by molar-refractivity contribution is 6.33. The molecule has 0 aliphatic carbocycles. The Morgan fingerprint density at radius 2 is 2.08 bits per heavy atom. The fourth-order valence-corrected chi connectivity index (χ4v) is 2.57.